The van der Waals surface area contributed by atoms with Crippen molar-refractivity contribution in [2.75, 3.05) is 6.54 Å². The number of rotatable bonds is 5. The number of carboxylic acid groups (broad SMARTS) is 1. The van der Waals surface area contributed by atoms with Crippen LogP contribution in [0.5, 0.6) is 0 Å². The van der Waals surface area contributed by atoms with E-state index in [0.29, 0.717) is 11.1 Å². The summed E-state index contributed by atoms with van der Waals surface area (Å²) in [6.07, 6.45) is 0. The molecule has 7 nitrogen and oxygen atoms in total. The van der Waals surface area contributed by atoms with E-state index in [2.05, 4.69) is 0 Å². The van der Waals surface area contributed by atoms with Gasteiger partial charge >= 0.3 is 12.0 Å². The molecule has 0 aromatic heterocycles. The largest absolute Gasteiger partial charge is 0.480 e. The summed E-state index contributed by atoms with van der Waals surface area (Å²) >= 11 is 0. The Balaban J connectivity index is 2.07. The maximum atomic E-state index is 13.1. The molecule has 1 aliphatic heterocycles. The zero-order valence-electron chi connectivity index (χ0n) is 14.6. The van der Waals surface area contributed by atoms with Gasteiger partial charge in [0.2, 0.25) is 0 Å². The van der Waals surface area contributed by atoms with Crippen LogP contribution in [0, 0.1) is 11.3 Å². The molecule has 1 fully saturated rings. The fourth-order valence-corrected chi connectivity index (χ4v) is 3.22. The van der Waals surface area contributed by atoms with E-state index in [1.165, 1.54) is 4.90 Å². The van der Waals surface area contributed by atoms with E-state index in [0.717, 1.165) is 10.5 Å². The van der Waals surface area contributed by atoms with Gasteiger partial charge in [-0.2, -0.15) is 5.26 Å². The smallest absolute Gasteiger partial charge is 0.328 e. The molecule has 1 heterocycles. The molecule has 1 aliphatic rings. The zero-order chi connectivity index (χ0) is 19.6. The predicted octanol–water partition coefficient (Wildman–Crippen LogP) is 2.32. The van der Waals surface area contributed by atoms with Crippen LogP contribution in [-0.4, -0.2) is 39.4 Å². The Morgan fingerprint density at radius 2 is 1.74 bits per heavy atom. The lowest BCUT2D eigenvalue weighted by Crippen LogP contribution is -2.44. The van der Waals surface area contributed by atoms with E-state index in [1.54, 1.807) is 31.2 Å². The number of amides is 3. The van der Waals surface area contributed by atoms with Gasteiger partial charge < -0.3 is 10.0 Å². The van der Waals surface area contributed by atoms with E-state index in [4.69, 9.17) is 10.4 Å². The Hall–Kier alpha value is -3.66. The molecule has 0 unspecified atom stereocenters. The third-order valence-corrected chi connectivity index (χ3v) is 4.72. The first-order valence-corrected chi connectivity index (χ1v) is 8.28. The minimum absolute atomic E-state index is 0.151. The van der Waals surface area contributed by atoms with Gasteiger partial charge in [0, 0.05) is 6.54 Å². The van der Waals surface area contributed by atoms with Crippen molar-refractivity contribution in [3.8, 4) is 6.07 Å². The highest BCUT2D eigenvalue weighted by molar-refractivity contribution is 6.08. The first-order valence-electron chi connectivity index (χ1n) is 8.28. The molecule has 0 radical (unpaired) electrons. The number of hydrogen-bond acceptors (Lipinski definition) is 4. The fraction of sp³-hybridized carbons (Fsp3) is 0.200. The van der Waals surface area contributed by atoms with Crippen molar-refractivity contribution >= 4 is 17.9 Å². The van der Waals surface area contributed by atoms with Crippen molar-refractivity contribution in [2.24, 2.45) is 0 Å². The van der Waals surface area contributed by atoms with E-state index in [-0.39, 0.29) is 6.54 Å². The van der Waals surface area contributed by atoms with Gasteiger partial charge in [0.15, 0.2) is 0 Å². The van der Waals surface area contributed by atoms with Gasteiger partial charge in [0.25, 0.3) is 5.91 Å². The summed E-state index contributed by atoms with van der Waals surface area (Å²) in [7, 11) is 0. The van der Waals surface area contributed by atoms with Crippen molar-refractivity contribution in [1.82, 2.24) is 9.80 Å². The zero-order valence-corrected chi connectivity index (χ0v) is 14.6. The Morgan fingerprint density at radius 1 is 1.11 bits per heavy atom. The third-order valence-electron chi connectivity index (χ3n) is 4.72. The van der Waals surface area contributed by atoms with Crippen LogP contribution in [0.4, 0.5) is 4.79 Å². The molecular weight excluding hydrogens is 346 g/mol. The number of nitrogens with zero attached hydrogens (tertiary/aromatic N) is 3. The van der Waals surface area contributed by atoms with Crippen LogP contribution in [0.1, 0.15) is 23.6 Å². The summed E-state index contributed by atoms with van der Waals surface area (Å²) in [6.45, 7) is 1.05. The fourth-order valence-electron chi connectivity index (χ4n) is 3.22. The number of carbonyl (C=O) groups excluding carboxylic acids is 2. The highest BCUT2D eigenvalue weighted by atomic mass is 16.4. The molecule has 1 atom stereocenters. The van der Waals surface area contributed by atoms with Crippen LogP contribution in [0.2, 0.25) is 0 Å². The average Bonchev–Trinajstić information content (AvgIpc) is 2.85. The maximum absolute atomic E-state index is 13.1. The van der Waals surface area contributed by atoms with E-state index in [1.807, 2.05) is 36.4 Å². The third kappa shape index (κ3) is 3.13. The van der Waals surface area contributed by atoms with Gasteiger partial charge in [0.1, 0.15) is 12.1 Å². The Morgan fingerprint density at radius 3 is 2.30 bits per heavy atom. The highest BCUT2D eigenvalue weighted by Crippen LogP contribution is 2.38. The maximum Gasteiger partial charge on any atom is 0.328 e. The molecule has 7 heteroatoms. The molecule has 2 aromatic carbocycles. The van der Waals surface area contributed by atoms with E-state index in [9.17, 15) is 14.4 Å². The molecular formula is C20H17N3O4. The van der Waals surface area contributed by atoms with Crippen LogP contribution in [0.25, 0.3) is 0 Å². The average molecular weight is 363 g/mol. The Bertz CT molecular complexity index is 934. The number of hydrogen-bond donors (Lipinski definition) is 1. The second-order valence-corrected chi connectivity index (χ2v) is 6.40. The molecule has 3 rings (SSSR count). The molecule has 2 aromatic rings. The summed E-state index contributed by atoms with van der Waals surface area (Å²) in [4.78, 5) is 39.2. The van der Waals surface area contributed by atoms with E-state index >= 15 is 0 Å². The van der Waals surface area contributed by atoms with Gasteiger partial charge in [-0.1, -0.05) is 42.5 Å². The minimum Gasteiger partial charge on any atom is -0.480 e. The number of nitriles is 1. The van der Waals surface area contributed by atoms with Crippen LogP contribution in [-0.2, 0) is 21.7 Å². The summed E-state index contributed by atoms with van der Waals surface area (Å²) in [5.74, 6) is -1.86. The Labute approximate surface area is 156 Å². The lowest BCUT2D eigenvalue weighted by molar-refractivity contribution is -0.143. The van der Waals surface area contributed by atoms with Crippen molar-refractivity contribution in [2.45, 2.75) is 19.0 Å². The van der Waals surface area contributed by atoms with Gasteiger partial charge in [-0.3, -0.25) is 14.5 Å². The van der Waals surface area contributed by atoms with Crippen molar-refractivity contribution in [3.05, 3.63) is 71.3 Å². The topological polar surface area (TPSA) is 102 Å². The molecule has 0 spiro atoms. The van der Waals surface area contributed by atoms with Crippen LogP contribution < -0.4 is 0 Å². The van der Waals surface area contributed by atoms with Crippen molar-refractivity contribution in [3.63, 3.8) is 0 Å². The molecule has 0 aliphatic carbocycles. The second kappa shape index (κ2) is 6.92. The van der Waals surface area contributed by atoms with Crippen molar-refractivity contribution < 1.29 is 19.5 Å². The van der Waals surface area contributed by atoms with Crippen LogP contribution in [0.3, 0.4) is 0 Å². The first kappa shape index (κ1) is 18.1. The SMILES string of the molecule is C[C@]1(c2ccc(C#N)cc2)C(=O)N(CC(=O)O)C(=O)N1Cc1ccccc1. The number of carboxylic acids is 1. The summed E-state index contributed by atoms with van der Waals surface area (Å²) in [5.41, 5.74) is 0.395. The number of aliphatic carboxylic acids is 1. The monoisotopic (exact) mass is 363 g/mol. The predicted molar refractivity (Wildman–Crippen MR) is 95.2 cm³/mol. The van der Waals surface area contributed by atoms with Gasteiger partial charge in [0.05, 0.1) is 11.6 Å². The molecule has 27 heavy (non-hydrogen) atoms. The number of urea groups is 1. The van der Waals surface area contributed by atoms with Crippen LogP contribution in [0.15, 0.2) is 54.6 Å². The standard InChI is InChI=1S/C20H17N3O4/c1-20(16-9-7-14(11-21)8-10-16)18(26)22(13-17(24)25)19(27)23(20)12-15-5-3-2-4-6-15/h2-10H,12-13H2,1H3,(H,24,25)/t20-/m0/s1. The number of carbonyl (C=O) groups is 3. The van der Waals surface area contributed by atoms with Gasteiger partial charge in [-0.05, 0) is 30.2 Å². The van der Waals surface area contributed by atoms with Gasteiger partial charge in [-0.15, -0.1) is 0 Å². The van der Waals surface area contributed by atoms with Gasteiger partial charge in [-0.25, -0.2) is 4.79 Å². The highest BCUT2D eigenvalue weighted by Gasteiger charge is 2.55. The molecule has 1 saturated heterocycles. The lowest BCUT2D eigenvalue weighted by atomic mass is 9.89. The quantitative estimate of drug-likeness (QED) is 0.822. The lowest BCUT2D eigenvalue weighted by Gasteiger charge is -2.32. The second-order valence-electron chi connectivity index (χ2n) is 6.40. The Kier molecular flexibility index (Phi) is 4.65. The summed E-state index contributed by atoms with van der Waals surface area (Å²) in [6, 6.07) is 16.9. The van der Waals surface area contributed by atoms with E-state index < -0.39 is 30.0 Å². The summed E-state index contributed by atoms with van der Waals surface area (Å²) in [5, 5.41) is 18.1. The number of imide groups is 1. The molecule has 1 N–H and O–H groups in total. The normalized spacial score (nSPS) is 19.3. The first-order chi connectivity index (χ1) is 12.9. The molecule has 3 amide bonds. The molecule has 0 saturated carbocycles. The minimum atomic E-state index is -1.36. The molecule has 136 valence electrons. The van der Waals surface area contributed by atoms with Crippen LogP contribution >= 0.6 is 0 Å². The molecule has 0 bridgehead atoms. The summed E-state index contributed by atoms with van der Waals surface area (Å²) < 4.78 is 0. The van der Waals surface area contributed by atoms with Crippen molar-refractivity contribution in [1.29, 1.82) is 5.26 Å². The number of benzene rings is 2.